The Balaban J connectivity index is 2.53. The first kappa shape index (κ1) is 11.6. The highest BCUT2D eigenvalue weighted by atomic mass is 16.6. The van der Waals surface area contributed by atoms with Crippen molar-refractivity contribution in [3.05, 3.63) is 33.9 Å². The van der Waals surface area contributed by atoms with Gasteiger partial charge in [-0.15, -0.1) is 0 Å². The number of fused-ring (bicyclic) bond motifs is 1. The number of nitro groups is 1. The molecule has 0 saturated carbocycles. The standard InChI is InChI=1S/C12H14N2O3/c1-3-6-12(2)9-7-8(14(16)17)4-5-10(9)13-11(12)15/h4-5,7H,3,6H2,1-2H3,(H,13,15). The lowest BCUT2D eigenvalue weighted by molar-refractivity contribution is -0.384. The average molecular weight is 234 g/mol. The van der Waals surface area contributed by atoms with Crippen molar-refractivity contribution in [1.29, 1.82) is 0 Å². The lowest BCUT2D eigenvalue weighted by Crippen LogP contribution is -2.30. The predicted molar refractivity (Wildman–Crippen MR) is 64.0 cm³/mol. The summed E-state index contributed by atoms with van der Waals surface area (Å²) in [4.78, 5) is 22.3. The Hall–Kier alpha value is -1.91. The second-order valence-corrected chi connectivity index (χ2v) is 4.52. The first-order valence-corrected chi connectivity index (χ1v) is 5.59. The molecule has 17 heavy (non-hydrogen) atoms. The summed E-state index contributed by atoms with van der Waals surface area (Å²) in [6.45, 7) is 3.83. The van der Waals surface area contributed by atoms with Crippen molar-refractivity contribution >= 4 is 17.3 Å². The van der Waals surface area contributed by atoms with Crippen LogP contribution in [0.2, 0.25) is 0 Å². The first-order valence-electron chi connectivity index (χ1n) is 5.59. The summed E-state index contributed by atoms with van der Waals surface area (Å²) in [5.74, 6) is -0.0742. The Morgan fingerprint density at radius 3 is 2.76 bits per heavy atom. The Morgan fingerprint density at radius 1 is 1.47 bits per heavy atom. The van der Waals surface area contributed by atoms with E-state index in [9.17, 15) is 14.9 Å². The van der Waals surface area contributed by atoms with Crippen LogP contribution in [0.5, 0.6) is 0 Å². The van der Waals surface area contributed by atoms with Crippen molar-refractivity contribution in [1.82, 2.24) is 0 Å². The van der Waals surface area contributed by atoms with E-state index in [0.717, 1.165) is 12.0 Å². The summed E-state index contributed by atoms with van der Waals surface area (Å²) >= 11 is 0. The minimum Gasteiger partial charge on any atom is -0.325 e. The summed E-state index contributed by atoms with van der Waals surface area (Å²) in [5, 5.41) is 13.5. The summed E-state index contributed by atoms with van der Waals surface area (Å²) in [5.41, 5.74) is 0.813. The maximum Gasteiger partial charge on any atom is 0.269 e. The number of benzene rings is 1. The molecule has 1 aliphatic heterocycles. The van der Waals surface area contributed by atoms with Gasteiger partial charge in [-0.05, 0) is 25.0 Å². The maximum atomic E-state index is 11.9. The molecule has 0 aliphatic carbocycles. The zero-order valence-electron chi connectivity index (χ0n) is 9.82. The van der Waals surface area contributed by atoms with Crippen molar-refractivity contribution in [2.45, 2.75) is 32.1 Å². The molecule has 1 aromatic carbocycles. The van der Waals surface area contributed by atoms with E-state index in [2.05, 4.69) is 5.32 Å². The number of hydrogen-bond acceptors (Lipinski definition) is 3. The second kappa shape index (κ2) is 3.84. The minimum atomic E-state index is -0.643. The van der Waals surface area contributed by atoms with Gasteiger partial charge in [-0.25, -0.2) is 0 Å². The van der Waals surface area contributed by atoms with Crippen LogP contribution in [0.15, 0.2) is 18.2 Å². The van der Waals surface area contributed by atoms with E-state index in [4.69, 9.17) is 0 Å². The van der Waals surface area contributed by atoms with Gasteiger partial charge >= 0.3 is 0 Å². The number of amides is 1. The molecule has 5 nitrogen and oxygen atoms in total. The van der Waals surface area contributed by atoms with Crippen molar-refractivity contribution < 1.29 is 9.72 Å². The predicted octanol–water partition coefficient (Wildman–Crippen LogP) is 2.60. The van der Waals surface area contributed by atoms with Crippen molar-refractivity contribution in [3.63, 3.8) is 0 Å². The summed E-state index contributed by atoms with van der Waals surface area (Å²) < 4.78 is 0. The third-order valence-electron chi connectivity index (χ3n) is 3.31. The summed E-state index contributed by atoms with van der Waals surface area (Å²) in [7, 11) is 0. The minimum absolute atomic E-state index is 0.0302. The van der Waals surface area contributed by atoms with Crippen molar-refractivity contribution in [2.24, 2.45) is 0 Å². The van der Waals surface area contributed by atoms with E-state index in [1.165, 1.54) is 12.1 Å². The third kappa shape index (κ3) is 1.67. The normalized spacial score (nSPS) is 22.1. The molecule has 1 atom stereocenters. The van der Waals surface area contributed by atoms with Crippen LogP contribution in [0.25, 0.3) is 0 Å². The molecule has 1 N–H and O–H groups in total. The van der Waals surface area contributed by atoms with Crippen LogP contribution in [0.4, 0.5) is 11.4 Å². The second-order valence-electron chi connectivity index (χ2n) is 4.52. The van der Waals surface area contributed by atoms with E-state index in [-0.39, 0.29) is 11.6 Å². The highest BCUT2D eigenvalue weighted by molar-refractivity contribution is 6.06. The van der Waals surface area contributed by atoms with Crippen LogP contribution in [0.1, 0.15) is 32.3 Å². The monoisotopic (exact) mass is 234 g/mol. The average Bonchev–Trinajstić information content (AvgIpc) is 2.52. The van der Waals surface area contributed by atoms with Crippen LogP contribution in [-0.4, -0.2) is 10.8 Å². The molecule has 0 aromatic heterocycles. The number of nitro benzene ring substituents is 1. The molecular formula is C12H14N2O3. The van der Waals surface area contributed by atoms with Crippen LogP contribution in [0.3, 0.4) is 0 Å². The molecule has 0 spiro atoms. The van der Waals surface area contributed by atoms with Crippen LogP contribution in [-0.2, 0) is 10.2 Å². The van der Waals surface area contributed by atoms with Gasteiger partial charge in [-0.1, -0.05) is 13.3 Å². The molecule has 1 aromatic rings. The quantitative estimate of drug-likeness (QED) is 0.645. The number of carbonyl (C=O) groups is 1. The number of nitrogens with one attached hydrogen (secondary N) is 1. The summed E-state index contributed by atoms with van der Waals surface area (Å²) in [6.07, 6.45) is 1.54. The fourth-order valence-electron chi connectivity index (χ4n) is 2.34. The molecule has 2 rings (SSSR count). The zero-order valence-corrected chi connectivity index (χ0v) is 9.82. The number of nitrogens with zero attached hydrogens (tertiary/aromatic N) is 1. The number of anilines is 1. The topological polar surface area (TPSA) is 72.2 Å². The molecular weight excluding hydrogens is 220 g/mol. The molecule has 1 amide bonds. The van der Waals surface area contributed by atoms with Gasteiger partial charge in [0.25, 0.3) is 5.69 Å². The SMILES string of the molecule is CCCC1(C)C(=O)Nc2ccc([N+](=O)[O-])cc21. The summed E-state index contributed by atoms with van der Waals surface area (Å²) in [6, 6.07) is 4.52. The van der Waals surface area contributed by atoms with Gasteiger partial charge < -0.3 is 5.32 Å². The van der Waals surface area contributed by atoms with E-state index < -0.39 is 10.3 Å². The lowest BCUT2D eigenvalue weighted by Gasteiger charge is -2.20. The molecule has 90 valence electrons. The first-order chi connectivity index (χ1) is 7.99. The maximum absolute atomic E-state index is 11.9. The Labute approximate surface area is 99.0 Å². The van der Waals surface area contributed by atoms with Crippen LogP contribution >= 0.6 is 0 Å². The molecule has 0 saturated heterocycles. The molecule has 1 aliphatic rings. The van der Waals surface area contributed by atoms with Gasteiger partial charge in [0.05, 0.1) is 10.3 Å². The van der Waals surface area contributed by atoms with E-state index in [1.807, 2.05) is 13.8 Å². The van der Waals surface area contributed by atoms with Gasteiger partial charge in [-0.3, -0.25) is 14.9 Å². The Bertz CT molecular complexity index is 499. The van der Waals surface area contributed by atoms with Crippen LogP contribution < -0.4 is 5.32 Å². The van der Waals surface area contributed by atoms with Gasteiger partial charge in [0.1, 0.15) is 0 Å². The van der Waals surface area contributed by atoms with Crippen molar-refractivity contribution in [3.8, 4) is 0 Å². The highest BCUT2D eigenvalue weighted by Crippen LogP contribution is 2.42. The number of non-ortho nitro benzene ring substituents is 1. The zero-order chi connectivity index (χ0) is 12.6. The largest absolute Gasteiger partial charge is 0.325 e. The van der Waals surface area contributed by atoms with E-state index in [0.29, 0.717) is 12.1 Å². The molecule has 1 heterocycles. The number of rotatable bonds is 3. The number of carbonyl (C=O) groups excluding carboxylic acids is 1. The fraction of sp³-hybridized carbons (Fsp3) is 0.417. The molecule has 0 fully saturated rings. The Kier molecular flexibility index (Phi) is 2.61. The molecule has 5 heteroatoms. The van der Waals surface area contributed by atoms with E-state index >= 15 is 0 Å². The number of hydrogen-bond donors (Lipinski definition) is 1. The van der Waals surface area contributed by atoms with Crippen molar-refractivity contribution in [2.75, 3.05) is 5.32 Å². The Morgan fingerprint density at radius 2 is 2.18 bits per heavy atom. The van der Waals surface area contributed by atoms with Gasteiger partial charge in [0.2, 0.25) is 5.91 Å². The smallest absolute Gasteiger partial charge is 0.269 e. The lowest BCUT2D eigenvalue weighted by atomic mass is 9.80. The molecule has 0 bridgehead atoms. The third-order valence-corrected chi connectivity index (χ3v) is 3.31. The van der Waals surface area contributed by atoms with Crippen LogP contribution in [0, 0.1) is 10.1 Å². The highest BCUT2D eigenvalue weighted by Gasteiger charge is 2.42. The van der Waals surface area contributed by atoms with Gasteiger partial charge in [-0.2, -0.15) is 0 Å². The fourth-order valence-corrected chi connectivity index (χ4v) is 2.34. The van der Waals surface area contributed by atoms with Gasteiger partial charge in [0, 0.05) is 17.8 Å². The van der Waals surface area contributed by atoms with E-state index in [1.54, 1.807) is 6.07 Å². The molecule has 0 radical (unpaired) electrons. The molecule has 1 unspecified atom stereocenters. The van der Waals surface area contributed by atoms with Gasteiger partial charge in [0.15, 0.2) is 0 Å².